The summed E-state index contributed by atoms with van der Waals surface area (Å²) in [7, 11) is -0.441. The van der Waals surface area contributed by atoms with Crippen LogP contribution in [0, 0.1) is 0 Å². The Labute approximate surface area is 133 Å². The number of hydrogen-bond acceptors (Lipinski definition) is 4. The van der Waals surface area contributed by atoms with Crippen LogP contribution in [-0.2, 0) is 9.31 Å². The van der Waals surface area contributed by atoms with E-state index < -0.39 is 7.12 Å². The Bertz CT molecular complexity index is 497. The number of hydrogen-bond donors (Lipinski definition) is 1. The van der Waals surface area contributed by atoms with Crippen molar-refractivity contribution >= 4 is 12.6 Å². The Morgan fingerprint density at radius 1 is 1.09 bits per heavy atom. The number of aromatic hydroxyl groups is 1. The Morgan fingerprint density at radius 2 is 1.73 bits per heavy atom. The second-order valence-corrected chi connectivity index (χ2v) is 6.87. The highest BCUT2D eigenvalue weighted by Crippen LogP contribution is 2.37. The lowest BCUT2D eigenvalue weighted by Gasteiger charge is -2.32. The maximum atomic E-state index is 9.93. The van der Waals surface area contributed by atoms with Crippen LogP contribution in [0.5, 0.6) is 11.5 Å². The first-order valence-electron chi connectivity index (χ1n) is 8.08. The fourth-order valence-electron chi connectivity index (χ4n) is 2.31. The van der Waals surface area contributed by atoms with Crippen LogP contribution >= 0.6 is 0 Å². The molecule has 1 saturated heterocycles. The van der Waals surface area contributed by atoms with Crippen molar-refractivity contribution in [3.63, 3.8) is 0 Å². The van der Waals surface area contributed by atoms with E-state index in [1.165, 1.54) is 0 Å². The van der Waals surface area contributed by atoms with Crippen molar-refractivity contribution in [2.24, 2.45) is 0 Å². The first-order chi connectivity index (χ1) is 10.3. The first-order valence-corrected chi connectivity index (χ1v) is 8.08. The van der Waals surface area contributed by atoms with Crippen molar-refractivity contribution in [1.29, 1.82) is 0 Å². The molecule has 22 heavy (non-hydrogen) atoms. The van der Waals surface area contributed by atoms with Gasteiger partial charge in [0, 0.05) is 0 Å². The van der Waals surface area contributed by atoms with E-state index in [0.717, 1.165) is 24.7 Å². The lowest BCUT2D eigenvalue weighted by Crippen LogP contribution is -2.41. The molecule has 1 aromatic rings. The van der Waals surface area contributed by atoms with Crippen LogP contribution in [0.2, 0.25) is 0 Å². The molecule has 0 spiro atoms. The molecule has 0 saturated carbocycles. The summed E-state index contributed by atoms with van der Waals surface area (Å²) < 4.78 is 17.7. The molecule has 1 fully saturated rings. The molecule has 1 aromatic carbocycles. The van der Waals surface area contributed by atoms with Gasteiger partial charge in [-0.2, -0.15) is 0 Å². The zero-order valence-corrected chi connectivity index (χ0v) is 14.3. The summed E-state index contributed by atoms with van der Waals surface area (Å²) >= 11 is 0. The van der Waals surface area contributed by atoms with E-state index >= 15 is 0 Å². The fourth-order valence-corrected chi connectivity index (χ4v) is 2.31. The lowest BCUT2D eigenvalue weighted by molar-refractivity contribution is 0.00578. The van der Waals surface area contributed by atoms with E-state index in [4.69, 9.17) is 14.0 Å². The lowest BCUT2D eigenvalue weighted by atomic mass is 9.79. The predicted octanol–water partition coefficient (Wildman–Crippen LogP) is 3.26. The zero-order valence-electron chi connectivity index (χ0n) is 14.3. The quantitative estimate of drug-likeness (QED) is 0.647. The normalized spacial score (nSPS) is 19.4. The third kappa shape index (κ3) is 3.58. The Balaban J connectivity index is 2.10. The third-order valence-corrected chi connectivity index (χ3v) is 4.51. The van der Waals surface area contributed by atoms with E-state index in [9.17, 15) is 5.11 Å². The van der Waals surface area contributed by atoms with Crippen LogP contribution in [0.3, 0.4) is 0 Å². The number of benzene rings is 1. The van der Waals surface area contributed by atoms with Gasteiger partial charge in [0.1, 0.15) is 0 Å². The number of phenols is 1. The van der Waals surface area contributed by atoms with Crippen molar-refractivity contribution in [3.05, 3.63) is 18.2 Å². The second kappa shape index (κ2) is 6.51. The molecule has 0 atom stereocenters. The number of unbranched alkanes of at least 4 members (excludes halogenated alkanes) is 2. The highest BCUT2D eigenvalue weighted by Gasteiger charge is 2.51. The second-order valence-electron chi connectivity index (χ2n) is 6.87. The van der Waals surface area contributed by atoms with Gasteiger partial charge in [-0.05, 0) is 51.7 Å². The molecule has 5 heteroatoms. The highest BCUT2D eigenvalue weighted by atomic mass is 16.7. The molecule has 1 heterocycles. The number of rotatable bonds is 6. The molecular formula is C17H27BO4. The molecular weight excluding hydrogens is 279 g/mol. The van der Waals surface area contributed by atoms with Gasteiger partial charge in [-0.15, -0.1) is 0 Å². The van der Waals surface area contributed by atoms with Crippen molar-refractivity contribution in [2.75, 3.05) is 6.61 Å². The van der Waals surface area contributed by atoms with Crippen LogP contribution in [0.25, 0.3) is 0 Å². The van der Waals surface area contributed by atoms with Crippen LogP contribution < -0.4 is 10.2 Å². The molecule has 1 aliphatic rings. The molecule has 0 bridgehead atoms. The third-order valence-electron chi connectivity index (χ3n) is 4.51. The number of phenolic OH excluding ortho intramolecular Hbond substituents is 1. The van der Waals surface area contributed by atoms with Crippen LogP contribution in [0.15, 0.2) is 18.2 Å². The van der Waals surface area contributed by atoms with E-state index in [1.54, 1.807) is 6.07 Å². The van der Waals surface area contributed by atoms with Crippen LogP contribution in [0.1, 0.15) is 53.9 Å². The van der Waals surface area contributed by atoms with Gasteiger partial charge in [-0.3, -0.25) is 0 Å². The molecule has 4 nitrogen and oxygen atoms in total. The van der Waals surface area contributed by atoms with Crippen molar-refractivity contribution in [3.8, 4) is 11.5 Å². The van der Waals surface area contributed by atoms with Crippen molar-refractivity contribution < 1.29 is 19.2 Å². The maximum Gasteiger partial charge on any atom is 0.494 e. The monoisotopic (exact) mass is 306 g/mol. The summed E-state index contributed by atoms with van der Waals surface area (Å²) in [5.74, 6) is 0.639. The van der Waals surface area contributed by atoms with Gasteiger partial charge in [0.2, 0.25) is 0 Å². The summed E-state index contributed by atoms with van der Waals surface area (Å²) in [6, 6.07) is 5.26. The predicted molar refractivity (Wildman–Crippen MR) is 88.8 cm³/mol. The first kappa shape index (κ1) is 17.2. The average molecular weight is 306 g/mol. The maximum absolute atomic E-state index is 9.93. The van der Waals surface area contributed by atoms with Gasteiger partial charge in [0.25, 0.3) is 0 Å². The molecule has 2 rings (SSSR count). The fraction of sp³-hybridized carbons (Fsp3) is 0.647. The zero-order chi connectivity index (χ0) is 16.4. The summed E-state index contributed by atoms with van der Waals surface area (Å²) in [6.07, 6.45) is 3.25. The Morgan fingerprint density at radius 3 is 2.32 bits per heavy atom. The largest absolute Gasteiger partial charge is 0.504 e. The van der Waals surface area contributed by atoms with Gasteiger partial charge in [0.05, 0.1) is 17.8 Å². The minimum atomic E-state index is -0.441. The van der Waals surface area contributed by atoms with E-state index in [2.05, 4.69) is 6.92 Å². The van der Waals surface area contributed by atoms with Crippen LogP contribution in [-0.4, -0.2) is 30.0 Å². The molecule has 0 aliphatic carbocycles. The standard InChI is InChI=1S/C17H27BO4/c1-6-7-8-11-20-15-12-13(9-10-14(15)19)18-21-16(2,3)17(4,5)22-18/h9-10,12,19H,6-8,11H2,1-5H3. The molecule has 1 aliphatic heterocycles. The minimum Gasteiger partial charge on any atom is -0.504 e. The van der Waals surface area contributed by atoms with Gasteiger partial charge >= 0.3 is 7.12 Å². The summed E-state index contributed by atoms with van der Waals surface area (Å²) in [5.41, 5.74) is 0.108. The molecule has 0 amide bonds. The Hall–Kier alpha value is -1.20. The Kier molecular flexibility index (Phi) is 5.08. The molecule has 0 aromatic heterocycles. The van der Waals surface area contributed by atoms with Gasteiger partial charge < -0.3 is 19.2 Å². The molecule has 0 unspecified atom stereocenters. The van der Waals surface area contributed by atoms with E-state index in [-0.39, 0.29) is 17.0 Å². The van der Waals surface area contributed by atoms with Crippen molar-refractivity contribution in [2.45, 2.75) is 65.1 Å². The molecule has 122 valence electrons. The van der Waals surface area contributed by atoms with E-state index in [1.807, 2.05) is 39.8 Å². The minimum absolute atomic E-state index is 0.150. The summed E-state index contributed by atoms with van der Waals surface area (Å²) in [4.78, 5) is 0. The molecule has 1 N–H and O–H groups in total. The average Bonchev–Trinajstić information content (AvgIpc) is 2.65. The van der Waals surface area contributed by atoms with Gasteiger partial charge in [0.15, 0.2) is 11.5 Å². The SMILES string of the molecule is CCCCCOc1cc(B2OC(C)(C)C(C)(C)O2)ccc1O. The van der Waals surface area contributed by atoms with Gasteiger partial charge in [-0.1, -0.05) is 25.8 Å². The smallest absolute Gasteiger partial charge is 0.494 e. The summed E-state index contributed by atoms with van der Waals surface area (Å²) in [5, 5.41) is 9.93. The van der Waals surface area contributed by atoms with Crippen LogP contribution in [0.4, 0.5) is 0 Å². The van der Waals surface area contributed by atoms with Gasteiger partial charge in [-0.25, -0.2) is 0 Å². The highest BCUT2D eigenvalue weighted by molar-refractivity contribution is 6.62. The van der Waals surface area contributed by atoms with E-state index in [0.29, 0.717) is 12.4 Å². The summed E-state index contributed by atoms with van der Waals surface area (Å²) in [6.45, 7) is 10.8. The topological polar surface area (TPSA) is 47.9 Å². The number of ether oxygens (including phenoxy) is 1. The molecule has 0 radical (unpaired) electrons. The van der Waals surface area contributed by atoms with Crippen molar-refractivity contribution in [1.82, 2.24) is 0 Å².